The summed E-state index contributed by atoms with van der Waals surface area (Å²) in [6.07, 6.45) is 0. The number of ether oxygens (including phenoxy) is 2. The van der Waals surface area contributed by atoms with E-state index < -0.39 is 31.9 Å². The van der Waals surface area contributed by atoms with Crippen molar-refractivity contribution < 1.29 is 31.1 Å². The maximum absolute atomic E-state index is 13.2. The predicted octanol–water partition coefficient (Wildman–Crippen LogP) is 2.60. The van der Waals surface area contributed by atoms with Crippen molar-refractivity contribution in [3.8, 4) is 11.5 Å². The molecule has 1 saturated heterocycles. The molecule has 1 amide bonds. The molecule has 31 heavy (non-hydrogen) atoms. The first-order valence-corrected chi connectivity index (χ1v) is 12.8. The van der Waals surface area contributed by atoms with Crippen molar-refractivity contribution in [2.45, 2.75) is 25.7 Å². The van der Waals surface area contributed by atoms with Crippen LogP contribution >= 0.6 is 0 Å². The molecule has 168 valence electrons. The smallest absolute Gasteiger partial charge is 0.265 e. The van der Waals surface area contributed by atoms with Crippen LogP contribution in [0, 0.1) is 5.92 Å². The zero-order valence-corrected chi connectivity index (χ0v) is 19.0. The van der Waals surface area contributed by atoms with Crippen LogP contribution in [0.5, 0.6) is 11.5 Å². The number of hydrogen-bond acceptors (Lipinski definition) is 7. The van der Waals surface area contributed by atoms with E-state index in [1.807, 2.05) is 0 Å². The van der Waals surface area contributed by atoms with Crippen LogP contribution in [0.15, 0.2) is 47.4 Å². The van der Waals surface area contributed by atoms with Gasteiger partial charge >= 0.3 is 0 Å². The van der Waals surface area contributed by atoms with Crippen LogP contribution in [0.2, 0.25) is 0 Å². The van der Waals surface area contributed by atoms with Crippen LogP contribution in [0.3, 0.4) is 0 Å². The second-order valence-electron chi connectivity index (χ2n) is 6.88. The zero-order chi connectivity index (χ0) is 22.8. The first-order chi connectivity index (χ1) is 14.6. The van der Waals surface area contributed by atoms with Crippen molar-refractivity contribution in [1.82, 2.24) is 0 Å². The van der Waals surface area contributed by atoms with Crippen molar-refractivity contribution in [2.24, 2.45) is 5.92 Å². The number of anilines is 2. The average Bonchev–Trinajstić information content (AvgIpc) is 2.90. The number of nitrogens with one attached hydrogen (secondary N) is 1. The molecule has 0 aromatic heterocycles. The highest BCUT2D eigenvalue weighted by molar-refractivity contribution is 7.94. The fraction of sp³-hybridized carbons (Fsp3) is 0.350. The molecule has 1 atom stereocenters. The topological polar surface area (TPSA) is 119 Å². The highest BCUT2D eigenvalue weighted by Gasteiger charge is 2.42. The van der Waals surface area contributed by atoms with Gasteiger partial charge in [-0.3, -0.25) is 9.52 Å². The fourth-order valence-electron chi connectivity index (χ4n) is 3.23. The molecule has 9 nitrogen and oxygen atoms in total. The number of benzene rings is 2. The van der Waals surface area contributed by atoms with E-state index in [2.05, 4.69) is 4.72 Å². The van der Waals surface area contributed by atoms with E-state index in [1.165, 1.54) is 19.1 Å². The Morgan fingerprint density at radius 2 is 1.71 bits per heavy atom. The van der Waals surface area contributed by atoms with Crippen molar-refractivity contribution >= 4 is 37.3 Å². The lowest BCUT2D eigenvalue weighted by Crippen LogP contribution is -2.30. The summed E-state index contributed by atoms with van der Waals surface area (Å²) in [5.41, 5.74) is 0.159. The van der Waals surface area contributed by atoms with Crippen LogP contribution in [0.1, 0.15) is 20.8 Å². The van der Waals surface area contributed by atoms with Gasteiger partial charge in [-0.2, -0.15) is 0 Å². The van der Waals surface area contributed by atoms with E-state index in [4.69, 9.17) is 9.47 Å². The van der Waals surface area contributed by atoms with Gasteiger partial charge in [0.2, 0.25) is 15.9 Å². The Morgan fingerprint density at radius 1 is 1.06 bits per heavy atom. The molecule has 1 heterocycles. The van der Waals surface area contributed by atoms with Gasteiger partial charge in [0.25, 0.3) is 10.0 Å². The Kier molecular flexibility index (Phi) is 6.46. The highest BCUT2D eigenvalue weighted by Crippen LogP contribution is 2.35. The van der Waals surface area contributed by atoms with Gasteiger partial charge in [0, 0.05) is 0 Å². The second-order valence-corrected chi connectivity index (χ2v) is 10.4. The molecule has 2 aromatic carbocycles. The number of para-hydroxylation sites is 2. The molecule has 1 N–H and O–H groups in total. The van der Waals surface area contributed by atoms with E-state index >= 15 is 0 Å². The van der Waals surface area contributed by atoms with Crippen molar-refractivity contribution in [3.05, 3.63) is 42.5 Å². The SMILES string of the molecule is CCOc1ccccc1NS(=O)(=O)c1cc(N2C(=O)C(C)CS2(=O)=O)ccc1OCC. The minimum atomic E-state index is -4.22. The maximum Gasteiger partial charge on any atom is 0.265 e. The average molecular weight is 469 g/mol. The summed E-state index contributed by atoms with van der Waals surface area (Å²) in [4.78, 5) is 12.1. The Bertz CT molecular complexity index is 1190. The number of carbonyl (C=O) groups is 1. The molecule has 0 radical (unpaired) electrons. The highest BCUT2D eigenvalue weighted by atomic mass is 32.2. The number of sulfonamides is 2. The van der Waals surface area contributed by atoms with Crippen LogP contribution in [-0.2, 0) is 24.8 Å². The summed E-state index contributed by atoms with van der Waals surface area (Å²) >= 11 is 0. The molecule has 1 aliphatic heterocycles. The van der Waals surface area contributed by atoms with Gasteiger partial charge in [-0.15, -0.1) is 0 Å². The summed E-state index contributed by atoms with van der Waals surface area (Å²) in [5, 5.41) is 0. The van der Waals surface area contributed by atoms with Gasteiger partial charge in [-0.1, -0.05) is 19.1 Å². The first-order valence-electron chi connectivity index (χ1n) is 9.69. The molecule has 0 aliphatic carbocycles. The number of carbonyl (C=O) groups excluding carboxylic acids is 1. The zero-order valence-electron chi connectivity index (χ0n) is 17.4. The molecule has 0 spiro atoms. The first kappa shape index (κ1) is 22.9. The standard InChI is InChI=1S/C20H24N2O7S2/c1-4-28-17-9-7-6-8-16(17)21-31(26,27)19-12-15(10-11-18(19)29-5-2)22-20(23)14(3)13-30(22,24)25/h6-12,14,21H,4-5,13H2,1-3H3. The molecule has 11 heteroatoms. The molecule has 1 fully saturated rings. The van der Waals surface area contributed by atoms with Crippen LogP contribution < -0.4 is 18.5 Å². The monoisotopic (exact) mass is 468 g/mol. The maximum atomic E-state index is 13.2. The third kappa shape index (κ3) is 4.62. The second kappa shape index (κ2) is 8.75. The summed E-state index contributed by atoms with van der Waals surface area (Å²) in [5.74, 6) is -1.28. The third-order valence-electron chi connectivity index (χ3n) is 4.54. The Morgan fingerprint density at radius 3 is 2.32 bits per heavy atom. The number of amides is 1. The van der Waals surface area contributed by atoms with Crippen LogP contribution in [0.4, 0.5) is 11.4 Å². The molecule has 0 saturated carbocycles. The Hall–Kier alpha value is -2.79. The van der Waals surface area contributed by atoms with E-state index in [0.29, 0.717) is 16.7 Å². The lowest BCUT2D eigenvalue weighted by atomic mass is 10.2. The van der Waals surface area contributed by atoms with Crippen molar-refractivity contribution in [2.75, 3.05) is 28.0 Å². The van der Waals surface area contributed by atoms with E-state index in [-0.39, 0.29) is 34.4 Å². The normalized spacial score (nSPS) is 18.1. The number of nitrogens with zero attached hydrogens (tertiary/aromatic N) is 1. The van der Waals surface area contributed by atoms with Gasteiger partial charge in [0.05, 0.1) is 36.3 Å². The molecular weight excluding hydrogens is 444 g/mol. The van der Waals surface area contributed by atoms with Crippen molar-refractivity contribution in [1.29, 1.82) is 0 Å². The van der Waals surface area contributed by atoms with Crippen LogP contribution in [0.25, 0.3) is 0 Å². The van der Waals surface area contributed by atoms with E-state index in [0.717, 1.165) is 6.07 Å². The predicted molar refractivity (Wildman–Crippen MR) is 116 cm³/mol. The van der Waals surface area contributed by atoms with E-state index in [1.54, 1.807) is 38.1 Å². The van der Waals surface area contributed by atoms with E-state index in [9.17, 15) is 21.6 Å². The lowest BCUT2D eigenvalue weighted by molar-refractivity contribution is -0.119. The minimum absolute atomic E-state index is 0.0322. The lowest BCUT2D eigenvalue weighted by Gasteiger charge is -2.19. The summed E-state index contributed by atoms with van der Waals surface area (Å²) in [7, 11) is -8.11. The Balaban J connectivity index is 2.09. The molecule has 2 aromatic rings. The fourth-order valence-corrected chi connectivity index (χ4v) is 6.27. The molecule has 0 bridgehead atoms. The van der Waals surface area contributed by atoms with Gasteiger partial charge < -0.3 is 9.47 Å². The van der Waals surface area contributed by atoms with Crippen molar-refractivity contribution in [3.63, 3.8) is 0 Å². The largest absolute Gasteiger partial charge is 0.492 e. The van der Waals surface area contributed by atoms with Gasteiger partial charge in [0.1, 0.15) is 16.4 Å². The quantitative estimate of drug-likeness (QED) is 0.632. The molecule has 3 rings (SSSR count). The minimum Gasteiger partial charge on any atom is -0.492 e. The third-order valence-corrected chi connectivity index (χ3v) is 7.80. The molecule has 1 unspecified atom stereocenters. The molecule has 1 aliphatic rings. The number of hydrogen-bond donors (Lipinski definition) is 1. The summed E-state index contributed by atoms with van der Waals surface area (Å²) < 4.78 is 65.4. The number of rotatable bonds is 8. The van der Waals surface area contributed by atoms with Gasteiger partial charge in [0.15, 0.2) is 0 Å². The Labute approximate surface area is 182 Å². The summed E-state index contributed by atoms with van der Waals surface area (Å²) in [6, 6.07) is 10.3. The van der Waals surface area contributed by atoms with Crippen LogP contribution in [-0.4, -0.2) is 41.7 Å². The van der Waals surface area contributed by atoms with Gasteiger partial charge in [-0.25, -0.2) is 21.1 Å². The van der Waals surface area contributed by atoms with Gasteiger partial charge in [-0.05, 0) is 44.2 Å². The summed E-state index contributed by atoms with van der Waals surface area (Å²) in [6.45, 7) is 5.51. The molecular formula is C20H24N2O7S2.